The van der Waals surface area contributed by atoms with Crippen molar-refractivity contribution in [2.45, 2.75) is 31.7 Å². The number of rotatable bonds is 9. The van der Waals surface area contributed by atoms with Crippen LogP contribution in [0.1, 0.15) is 24.4 Å². The van der Waals surface area contributed by atoms with Crippen LogP contribution in [0.4, 0.5) is 5.69 Å². The maximum atomic E-state index is 12.3. The highest BCUT2D eigenvalue weighted by atomic mass is 79.9. The van der Waals surface area contributed by atoms with Gasteiger partial charge in [-0.05, 0) is 55.8 Å². The van der Waals surface area contributed by atoms with Gasteiger partial charge in [-0.2, -0.15) is 0 Å². The van der Waals surface area contributed by atoms with Gasteiger partial charge in [-0.15, -0.1) is 16.8 Å². The van der Waals surface area contributed by atoms with Crippen LogP contribution in [0.5, 0.6) is 5.75 Å². The summed E-state index contributed by atoms with van der Waals surface area (Å²) in [6.07, 6.45) is 1.36. The second kappa shape index (κ2) is 10.8. The first-order chi connectivity index (χ1) is 14.9. The van der Waals surface area contributed by atoms with Crippen LogP contribution in [0.3, 0.4) is 0 Å². The molecular weight excluding hydrogens is 500 g/mol. The molecule has 0 fully saturated rings. The highest BCUT2D eigenvalue weighted by Gasteiger charge is 2.20. The highest BCUT2D eigenvalue weighted by molar-refractivity contribution is 9.10. The van der Waals surface area contributed by atoms with Gasteiger partial charge in [-0.1, -0.05) is 51.4 Å². The lowest BCUT2D eigenvalue weighted by Crippen LogP contribution is -2.15. The quantitative estimate of drug-likeness (QED) is 0.274. The number of allylic oxidation sites excluding steroid dienone is 1. The number of aromatic nitrogens is 3. The van der Waals surface area contributed by atoms with Gasteiger partial charge in [-0.3, -0.25) is 9.36 Å². The van der Waals surface area contributed by atoms with Crippen LogP contribution in [0, 0.1) is 6.92 Å². The van der Waals surface area contributed by atoms with E-state index in [1.807, 2.05) is 54.8 Å². The summed E-state index contributed by atoms with van der Waals surface area (Å²) in [4.78, 5) is 12.3. The number of amides is 1. The molecule has 2 aromatic carbocycles. The Balaban J connectivity index is 1.69. The van der Waals surface area contributed by atoms with Gasteiger partial charge in [0.1, 0.15) is 5.75 Å². The number of hydrogen-bond donors (Lipinski definition) is 1. The van der Waals surface area contributed by atoms with Crippen molar-refractivity contribution in [1.29, 1.82) is 0 Å². The third kappa shape index (κ3) is 6.35. The van der Waals surface area contributed by atoms with Gasteiger partial charge in [0.2, 0.25) is 5.91 Å². The van der Waals surface area contributed by atoms with Gasteiger partial charge in [0, 0.05) is 16.7 Å². The fraction of sp³-hybridized carbons (Fsp3) is 0.227. The average Bonchev–Trinajstić information content (AvgIpc) is 3.14. The molecule has 3 aromatic rings. The molecule has 1 atom stereocenters. The summed E-state index contributed by atoms with van der Waals surface area (Å²) >= 11 is 10.9. The minimum absolute atomic E-state index is 0.127. The Hall–Kier alpha value is -2.29. The number of thioether (sulfide) groups is 1. The van der Waals surface area contributed by atoms with E-state index in [2.05, 4.69) is 38.0 Å². The van der Waals surface area contributed by atoms with E-state index >= 15 is 0 Å². The predicted molar refractivity (Wildman–Crippen MR) is 129 cm³/mol. The molecule has 31 heavy (non-hydrogen) atoms. The number of carbonyl (C=O) groups excluding carboxylic acids is 1. The van der Waals surface area contributed by atoms with E-state index in [1.165, 1.54) is 11.8 Å². The van der Waals surface area contributed by atoms with Crippen LogP contribution in [-0.4, -0.2) is 26.4 Å². The molecule has 0 radical (unpaired) electrons. The normalized spacial score (nSPS) is 11.7. The Morgan fingerprint density at radius 3 is 2.77 bits per heavy atom. The molecule has 0 saturated carbocycles. The summed E-state index contributed by atoms with van der Waals surface area (Å²) in [6, 6.07) is 13.0. The van der Waals surface area contributed by atoms with E-state index in [0.29, 0.717) is 28.3 Å². The summed E-state index contributed by atoms with van der Waals surface area (Å²) in [5.41, 5.74) is 1.78. The number of halogens is 2. The van der Waals surface area contributed by atoms with E-state index in [4.69, 9.17) is 16.3 Å². The smallest absolute Gasteiger partial charge is 0.234 e. The summed E-state index contributed by atoms with van der Waals surface area (Å²) in [5, 5.41) is 12.6. The van der Waals surface area contributed by atoms with Gasteiger partial charge in [0.15, 0.2) is 17.1 Å². The number of hydrogen-bond acceptors (Lipinski definition) is 5. The van der Waals surface area contributed by atoms with Crippen LogP contribution < -0.4 is 10.1 Å². The standard InChI is InChI=1S/C22H22BrClN4O2S/c1-4-11-28-21(15(3)30-19-12-14(2)5-10-18(19)24)26-27-22(28)31-13-20(29)25-17-8-6-16(23)7-9-17/h4-10,12,15H,1,11,13H2,2-3H3,(H,25,29). The first-order valence-corrected chi connectivity index (χ1v) is 11.7. The zero-order valence-electron chi connectivity index (χ0n) is 17.1. The largest absolute Gasteiger partial charge is 0.481 e. The first kappa shape index (κ1) is 23.4. The molecular formula is C22H22BrClN4O2S. The molecule has 162 valence electrons. The van der Waals surface area contributed by atoms with Crippen molar-refractivity contribution in [3.63, 3.8) is 0 Å². The number of aryl methyl sites for hydroxylation is 1. The van der Waals surface area contributed by atoms with E-state index in [1.54, 1.807) is 12.1 Å². The molecule has 1 amide bonds. The van der Waals surface area contributed by atoms with Crippen LogP contribution in [0.2, 0.25) is 5.02 Å². The van der Waals surface area contributed by atoms with Gasteiger partial charge in [0.25, 0.3) is 0 Å². The fourth-order valence-corrected chi connectivity index (χ4v) is 3.99. The zero-order valence-corrected chi connectivity index (χ0v) is 20.3. The Labute approximate surface area is 199 Å². The Morgan fingerprint density at radius 2 is 2.06 bits per heavy atom. The van der Waals surface area contributed by atoms with Gasteiger partial charge >= 0.3 is 0 Å². The van der Waals surface area contributed by atoms with Crippen LogP contribution >= 0.6 is 39.3 Å². The minimum atomic E-state index is -0.391. The van der Waals surface area contributed by atoms with E-state index < -0.39 is 6.10 Å². The molecule has 1 N–H and O–H groups in total. The van der Waals surface area contributed by atoms with Crippen LogP contribution in [0.15, 0.2) is 64.7 Å². The Kier molecular flexibility index (Phi) is 8.17. The molecule has 0 aliphatic heterocycles. The molecule has 3 rings (SSSR count). The lowest BCUT2D eigenvalue weighted by molar-refractivity contribution is -0.113. The monoisotopic (exact) mass is 520 g/mol. The summed E-state index contributed by atoms with van der Waals surface area (Å²) in [7, 11) is 0. The number of benzene rings is 2. The molecule has 0 aliphatic carbocycles. The van der Waals surface area contributed by atoms with Crippen molar-refractivity contribution >= 4 is 50.9 Å². The molecule has 0 aliphatic rings. The number of carbonyl (C=O) groups is 1. The maximum Gasteiger partial charge on any atom is 0.234 e. The molecule has 0 saturated heterocycles. The van der Waals surface area contributed by atoms with E-state index in [-0.39, 0.29) is 11.7 Å². The molecule has 9 heteroatoms. The third-order valence-electron chi connectivity index (χ3n) is 4.27. The second-order valence-electron chi connectivity index (χ2n) is 6.78. The summed E-state index contributed by atoms with van der Waals surface area (Å²) in [5.74, 6) is 1.29. The van der Waals surface area contributed by atoms with Gasteiger partial charge < -0.3 is 10.1 Å². The maximum absolute atomic E-state index is 12.3. The van der Waals surface area contributed by atoms with Crippen molar-refractivity contribution in [1.82, 2.24) is 14.8 Å². The first-order valence-electron chi connectivity index (χ1n) is 9.52. The third-order valence-corrected chi connectivity index (χ3v) is 6.08. The Morgan fingerprint density at radius 1 is 1.32 bits per heavy atom. The van der Waals surface area contributed by atoms with Crippen LogP contribution in [0.25, 0.3) is 0 Å². The predicted octanol–water partition coefficient (Wildman–Crippen LogP) is 6.06. The highest BCUT2D eigenvalue weighted by Crippen LogP contribution is 2.30. The van der Waals surface area contributed by atoms with Crippen molar-refractivity contribution in [2.75, 3.05) is 11.1 Å². The number of nitrogens with one attached hydrogen (secondary N) is 1. The molecule has 1 unspecified atom stereocenters. The average molecular weight is 522 g/mol. The lowest BCUT2D eigenvalue weighted by Gasteiger charge is -2.17. The van der Waals surface area contributed by atoms with E-state index in [9.17, 15) is 4.79 Å². The second-order valence-corrected chi connectivity index (χ2v) is 9.04. The summed E-state index contributed by atoms with van der Waals surface area (Å²) in [6.45, 7) is 8.17. The number of ether oxygens (including phenoxy) is 1. The fourth-order valence-electron chi connectivity index (χ4n) is 2.81. The van der Waals surface area contributed by atoms with Crippen molar-refractivity contribution in [2.24, 2.45) is 0 Å². The number of anilines is 1. The minimum Gasteiger partial charge on any atom is -0.481 e. The molecule has 0 spiro atoms. The van der Waals surface area contributed by atoms with Gasteiger partial charge in [-0.25, -0.2) is 0 Å². The topological polar surface area (TPSA) is 69.0 Å². The SMILES string of the molecule is C=CCn1c(SCC(=O)Nc2ccc(Br)cc2)nnc1C(C)Oc1cc(C)ccc1Cl. The van der Waals surface area contributed by atoms with Crippen molar-refractivity contribution in [3.8, 4) is 5.75 Å². The van der Waals surface area contributed by atoms with Crippen LogP contribution in [-0.2, 0) is 11.3 Å². The van der Waals surface area contributed by atoms with Crippen molar-refractivity contribution in [3.05, 3.63) is 76.0 Å². The van der Waals surface area contributed by atoms with Crippen molar-refractivity contribution < 1.29 is 9.53 Å². The van der Waals surface area contributed by atoms with E-state index in [0.717, 1.165) is 15.7 Å². The lowest BCUT2D eigenvalue weighted by atomic mass is 10.2. The molecule has 0 bridgehead atoms. The summed E-state index contributed by atoms with van der Waals surface area (Å²) < 4.78 is 8.88. The number of nitrogens with zero attached hydrogens (tertiary/aromatic N) is 3. The zero-order chi connectivity index (χ0) is 22.4. The van der Waals surface area contributed by atoms with Gasteiger partial charge in [0.05, 0.1) is 10.8 Å². The molecule has 6 nitrogen and oxygen atoms in total. The molecule has 1 heterocycles. The molecule has 1 aromatic heterocycles. The Bertz CT molecular complexity index is 1070.